The summed E-state index contributed by atoms with van der Waals surface area (Å²) in [5.41, 5.74) is 0.0463. The van der Waals surface area contributed by atoms with E-state index in [0.29, 0.717) is 5.96 Å². The number of nitrogens with zero attached hydrogens (tertiary/aromatic N) is 3. The lowest BCUT2D eigenvalue weighted by Gasteiger charge is -2.45. The van der Waals surface area contributed by atoms with Crippen LogP contribution in [0, 0.1) is 11.8 Å². The number of carbonyl (C=O) groups excluding carboxylic acids is 1. The molecule has 140 valence electrons. The second-order valence-corrected chi connectivity index (χ2v) is 8.00. The van der Waals surface area contributed by atoms with E-state index in [1.807, 2.05) is 6.92 Å². The number of piperidine rings is 1. The molecule has 1 saturated heterocycles. The third-order valence-electron chi connectivity index (χ3n) is 4.63. The minimum Gasteiger partial charge on any atom is -0.357 e. The van der Waals surface area contributed by atoms with Crippen molar-refractivity contribution in [1.82, 2.24) is 20.4 Å². The molecule has 2 unspecified atom stereocenters. The van der Waals surface area contributed by atoms with Gasteiger partial charge >= 0.3 is 0 Å². The normalized spacial score (nSPS) is 23.0. The summed E-state index contributed by atoms with van der Waals surface area (Å²) in [5, 5.41) is 6.63. The van der Waals surface area contributed by atoms with Crippen LogP contribution in [0.4, 0.5) is 0 Å². The molecule has 0 aromatic carbocycles. The molecular weight excluding hydrogens is 302 g/mol. The minimum absolute atomic E-state index is 0.00476. The van der Waals surface area contributed by atoms with Gasteiger partial charge in [0.25, 0.3) is 0 Å². The summed E-state index contributed by atoms with van der Waals surface area (Å²) in [6, 6.07) is 0. The van der Waals surface area contributed by atoms with Gasteiger partial charge in [0.2, 0.25) is 5.91 Å². The van der Waals surface area contributed by atoms with Gasteiger partial charge in [0.05, 0.1) is 0 Å². The van der Waals surface area contributed by atoms with E-state index in [1.54, 1.807) is 19.0 Å². The van der Waals surface area contributed by atoms with E-state index in [2.05, 4.69) is 48.2 Å². The van der Waals surface area contributed by atoms with Crippen LogP contribution in [0.2, 0.25) is 0 Å². The van der Waals surface area contributed by atoms with Crippen LogP contribution in [0.1, 0.15) is 41.0 Å². The molecule has 1 heterocycles. The quantitative estimate of drug-likeness (QED) is 0.567. The molecule has 1 aliphatic rings. The van der Waals surface area contributed by atoms with Gasteiger partial charge in [-0.1, -0.05) is 13.8 Å². The van der Waals surface area contributed by atoms with Crippen LogP contribution in [-0.2, 0) is 4.79 Å². The number of hydrogen-bond acceptors (Lipinski definition) is 3. The lowest BCUT2D eigenvalue weighted by atomic mass is 9.88. The summed E-state index contributed by atoms with van der Waals surface area (Å²) >= 11 is 0. The van der Waals surface area contributed by atoms with Gasteiger partial charge in [0.15, 0.2) is 5.96 Å². The van der Waals surface area contributed by atoms with E-state index in [4.69, 9.17) is 0 Å². The summed E-state index contributed by atoms with van der Waals surface area (Å²) < 4.78 is 0. The van der Waals surface area contributed by atoms with Crippen molar-refractivity contribution >= 4 is 11.9 Å². The maximum absolute atomic E-state index is 11.7. The van der Waals surface area contributed by atoms with Crippen LogP contribution in [-0.4, -0.2) is 74.0 Å². The van der Waals surface area contributed by atoms with Crippen molar-refractivity contribution in [2.45, 2.75) is 46.6 Å². The minimum atomic E-state index is 0.00476. The Morgan fingerprint density at radius 3 is 2.29 bits per heavy atom. The predicted molar refractivity (Wildman–Crippen MR) is 101 cm³/mol. The molecule has 2 N–H and O–H groups in total. The molecule has 0 saturated carbocycles. The van der Waals surface area contributed by atoms with Gasteiger partial charge in [-0.2, -0.15) is 0 Å². The first-order valence-electron chi connectivity index (χ1n) is 9.13. The second-order valence-electron chi connectivity index (χ2n) is 8.00. The number of likely N-dealkylation sites (tertiary alicyclic amines) is 1. The molecule has 0 spiro atoms. The lowest BCUT2D eigenvalue weighted by molar-refractivity contribution is -0.127. The van der Waals surface area contributed by atoms with Crippen molar-refractivity contribution < 1.29 is 4.79 Å². The Morgan fingerprint density at radius 2 is 1.79 bits per heavy atom. The van der Waals surface area contributed by atoms with E-state index < -0.39 is 0 Å². The van der Waals surface area contributed by atoms with Crippen molar-refractivity contribution in [3.05, 3.63) is 0 Å². The Bertz CT molecular complexity index is 423. The number of amides is 1. The molecule has 1 aliphatic heterocycles. The number of nitrogens with one attached hydrogen (secondary N) is 2. The van der Waals surface area contributed by atoms with Crippen molar-refractivity contribution in [1.29, 1.82) is 0 Å². The zero-order chi connectivity index (χ0) is 18.3. The maximum atomic E-state index is 11.7. The molecule has 6 heteroatoms. The molecule has 0 radical (unpaired) electrons. The molecule has 0 aromatic rings. The summed E-state index contributed by atoms with van der Waals surface area (Å²) in [6.07, 6.45) is 1.32. The number of likely N-dealkylation sites (N-methyl/N-ethyl adjacent to an activating group) is 1. The van der Waals surface area contributed by atoms with Crippen LogP contribution in [0.3, 0.4) is 0 Å². The summed E-state index contributed by atoms with van der Waals surface area (Å²) in [5.74, 6) is 2.20. The first kappa shape index (κ1) is 20.7. The zero-order valence-electron chi connectivity index (χ0n) is 16.6. The number of aliphatic imine (C=N–C) groups is 1. The fourth-order valence-corrected chi connectivity index (χ4v) is 3.20. The van der Waals surface area contributed by atoms with Gasteiger partial charge < -0.3 is 15.5 Å². The fraction of sp³-hybridized carbons (Fsp3) is 0.889. The second kappa shape index (κ2) is 9.25. The molecular formula is C18H37N5O. The Kier molecular flexibility index (Phi) is 8.00. The summed E-state index contributed by atoms with van der Waals surface area (Å²) in [7, 11) is 3.50. The molecule has 0 aliphatic carbocycles. The Labute approximate surface area is 148 Å². The van der Waals surface area contributed by atoms with Crippen LogP contribution in [0.5, 0.6) is 0 Å². The Hall–Kier alpha value is -1.30. The summed E-state index contributed by atoms with van der Waals surface area (Å²) in [4.78, 5) is 20.3. The third kappa shape index (κ3) is 6.67. The predicted octanol–water partition coefficient (Wildman–Crippen LogP) is 1.39. The standard InChI is InChI=1S/C18H37N5O/c1-8-19-17(20-10-16(24)22(6)7)21-13-18(4,5)23-11-14(2)9-15(3)12-23/h14-15H,8-13H2,1-7H3,(H2,19,20,21). The lowest BCUT2D eigenvalue weighted by Crippen LogP contribution is -2.57. The van der Waals surface area contributed by atoms with Gasteiger partial charge in [0, 0.05) is 45.8 Å². The highest BCUT2D eigenvalue weighted by molar-refractivity contribution is 5.84. The van der Waals surface area contributed by atoms with Crippen molar-refractivity contribution in [2.75, 3.05) is 46.8 Å². The maximum Gasteiger partial charge on any atom is 0.243 e. The van der Waals surface area contributed by atoms with Crippen molar-refractivity contribution in [3.8, 4) is 0 Å². The van der Waals surface area contributed by atoms with Crippen LogP contribution < -0.4 is 10.6 Å². The zero-order valence-corrected chi connectivity index (χ0v) is 16.6. The van der Waals surface area contributed by atoms with Gasteiger partial charge in [-0.25, -0.2) is 4.99 Å². The number of hydrogen-bond donors (Lipinski definition) is 2. The highest BCUT2D eigenvalue weighted by atomic mass is 16.2. The third-order valence-corrected chi connectivity index (χ3v) is 4.63. The average molecular weight is 340 g/mol. The van der Waals surface area contributed by atoms with Gasteiger partial charge in [-0.05, 0) is 39.0 Å². The molecule has 6 nitrogen and oxygen atoms in total. The largest absolute Gasteiger partial charge is 0.357 e. The molecule has 2 atom stereocenters. The molecule has 1 amide bonds. The van der Waals surface area contributed by atoms with E-state index in [9.17, 15) is 4.79 Å². The number of rotatable bonds is 6. The smallest absolute Gasteiger partial charge is 0.243 e. The first-order valence-corrected chi connectivity index (χ1v) is 9.13. The fourth-order valence-electron chi connectivity index (χ4n) is 3.20. The van der Waals surface area contributed by atoms with Gasteiger partial charge in [-0.15, -0.1) is 0 Å². The highest BCUT2D eigenvalue weighted by Gasteiger charge is 2.32. The molecule has 1 rings (SSSR count). The van der Waals surface area contributed by atoms with Crippen LogP contribution in [0.15, 0.2) is 4.99 Å². The molecule has 1 fully saturated rings. The molecule has 0 aromatic heterocycles. The van der Waals surface area contributed by atoms with E-state index in [1.165, 1.54) is 6.42 Å². The van der Waals surface area contributed by atoms with E-state index in [0.717, 1.165) is 38.0 Å². The number of guanidine groups is 1. The molecule has 24 heavy (non-hydrogen) atoms. The van der Waals surface area contributed by atoms with Crippen LogP contribution >= 0.6 is 0 Å². The van der Waals surface area contributed by atoms with Crippen molar-refractivity contribution in [2.24, 2.45) is 16.8 Å². The van der Waals surface area contributed by atoms with E-state index in [-0.39, 0.29) is 18.0 Å². The molecule has 0 bridgehead atoms. The van der Waals surface area contributed by atoms with Crippen molar-refractivity contribution in [3.63, 3.8) is 0 Å². The SMILES string of the molecule is CCNC(=NCC(=O)N(C)C)NCC(C)(C)N1CC(C)CC(C)C1. The first-order chi connectivity index (χ1) is 11.2. The summed E-state index contributed by atoms with van der Waals surface area (Å²) in [6.45, 7) is 15.3. The topological polar surface area (TPSA) is 60.0 Å². The highest BCUT2D eigenvalue weighted by Crippen LogP contribution is 2.26. The average Bonchev–Trinajstić information content (AvgIpc) is 2.48. The monoisotopic (exact) mass is 339 g/mol. The van der Waals surface area contributed by atoms with Crippen LogP contribution in [0.25, 0.3) is 0 Å². The number of carbonyl (C=O) groups is 1. The van der Waals surface area contributed by atoms with Gasteiger partial charge in [-0.3, -0.25) is 9.69 Å². The Balaban J connectivity index is 2.63. The Morgan fingerprint density at radius 1 is 1.21 bits per heavy atom. The van der Waals surface area contributed by atoms with Gasteiger partial charge in [0.1, 0.15) is 6.54 Å². The van der Waals surface area contributed by atoms with E-state index >= 15 is 0 Å².